The van der Waals surface area contributed by atoms with Gasteiger partial charge in [0.05, 0.1) is 11.6 Å². The Morgan fingerprint density at radius 3 is 2.24 bits per heavy atom. The van der Waals surface area contributed by atoms with Crippen LogP contribution in [0.3, 0.4) is 0 Å². The highest BCUT2D eigenvalue weighted by atomic mass is 35.5. The fourth-order valence-corrected chi connectivity index (χ4v) is 1.44. The number of halogens is 1. The molecule has 0 bridgehead atoms. The zero-order valence-electron chi connectivity index (χ0n) is 9.81. The quantitative estimate of drug-likeness (QED) is 0.659. The molecule has 0 amide bonds. The van der Waals surface area contributed by atoms with Crippen LogP contribution in [0.4, 0.5) is 0 Å². The highest BCUT2D eigenvalue weighted by molar-refractivity contribution is 6.29. The number of hydrogen-bond acceptors (Lipinski definition) is 2. The number of pyridine rings is 1. The lowest BCUT2D eigenvalue weighted by Gasteiger charge is -1.88. The van der Waals surface area contributed by atoms with E-state index in [0.29, 0.717) is 5.15 Å². The van der Waals surface area contributed by atoms with Gasteiger partial charge in [0.15, 0.2) is 0 Å². The molecule has 0 spiro atoms. The maximum absolute atomic E-state index is 8.41. The highest BCUT2D eigenvalue weighted by Crippen LogP contribution is 2.04. The number of nitriles is 1. The number of aryl methyl sites for hydroxylation is 2. The van der Waals surface area contributed by atoms with E-state index in [1.165, 1.54) is 0 Å². The predicted octanol–water partition coefficient (Wildman–Crippen LogP) is 3.91. The second kappa shape index (κ2) is 6.67. The van der Waals surface area contributed by atoms with Gasteiger partial charge in [0, 0.05) is 6.20 Å². The molecule has 1 heterocycles. The number of hydrogen-bond donors (Lipinski definition) is 0. The lowest BCUT2D eigenvalue weighted by atomic mass is 10.2. The van der Waals surface area contributed by atoms with Crippen LogP contribution in [0, 0.1) is 25.2 Å². The van der Waals surface area contributed by atoms with E-state index in [4.69, 9.17) is 16.9 Å². The van der Waals surface area contributed by atoms with Gasteiger partial charge in [-0.2, -0.15) is 5.26 Å². The molecule has 1 aromatic heterocycles. The molecule has 0 aliphatic carbocycles. The average Bonchev–Trinajstić information content (AvgIpc) is 2.29. The van der Waals surface area contributed by atoms with Crippen LogP contribution in [0.2, 0.25) is 5.15 Å². The third kappa shape index (κ3) is 5.14. The molecule has 0 fully saturated rings. The molecule has 2 aromatic rings. The van der Waals surface area contributed by atoms with Crippen LogP contribution in [0.5, 0.6) is 0 Å². The lowest BCUT2D eigenvalue weighted by molar-refractivity contribution is 1.29. The van der Waals surface area contributed by atoms with E-state index in [1.54, 1.807) is 12.3 Å². The second-order valence-electron chi connectivity index (χ2n) is 3.64. The third-order valence-electron chi connectivity index (χ3n) is 2.03. The summed E-state index contributed by atoms with van der Waals surface area (Å²) in [5, 5.41) is 8.97. The van der Waals surface area contributed by atoms with Crippen LogP contribution < -0.4 is 0 Å². The van der Waals surface area contributed by atoms with Gasteiger partial charge in [-0.3, -0.25) is 0 Å². The molecule has 0 radical (unpaired) electrons. The summed E-state index contributed by atoms with van der Waals surface area (Å²) in [5.74, 6) is 0. The highest BCUT2D eigenvalue weighted by Gasteiger charge is 1.86. The zero-order chi connectivity index (χ0) is 12.7. The molecule has 0 N–H and O–H groups in total. The van der Waals surface area contributed by atoms with Crippen molar-refractivity contribution < 1.29 is 0 Å². The van der Waals surface area contributed by atoms with Gasteiger partial charge < -0.3 is 0 Å². The Morgan fingerprint density at radius 1 is 1.12 bits per heavy atom. The van der Waals surface area contributed by atoms with Gasteiger partial charge in [0.25, 0.3) is 0 Å². The normalized spacial score (nSPS) is 8.82. The van der Waals surface area contributed by atoms with Crippen molar-refractivity contribution >= 4 is 11.6 Å². The first-order chi connectivity index (χ1) is 8.11. The predicted molar refractivity (Wildman–Crippen MR) is 69.9 cm³/mol. The summed E-state index contributed by atoms with van der Waals surface area (Å²) in [5.41, 5.74) is 3.01. The molecule has 0 atom stereocenters. The van der Waals surface area contributed by atoms with Crippen LogP contribution in [-0.2, 0) is 0 Å². The Labute approximate surface area is 107 Å². The summed E-state index contributed by atoms with van der Waals surface area (Å²) in [6, 6.07) is 13.3. The maximum atomic E-state index is 8.41. The van der Waals surface area contributed by atoms with Crippen LogP contribution in [-0.4, -0.2) is 4.98 Å². The smallest absolute Gasteiger partial charge is 0.129 e. The van der Waals surface area contributed by atoms with E-state index < -0.39 is 0 Å². The van der Waals surface area contributed by atoms with E-state index in [1.807, 2.05) is 44.2 Å². The third-order valence-corrected chi connectivity index (χ3v) is 2.24. The molecule has 17 heavy (non-hydrogen) atoms. The summed E-state index contributed by atoms with van der Waals surface area (Å²) >= 11 is 5.53. The van der Waals surface area contributed by atoms with Crippen molar-refractivity contribution in [2.75, 3.05) is 0 Å². The molecule has 2 rings (SSSR count). The van der Waals surface area contributed by atoms with Gasteiger partial charge in [-0.25, -0.2) is 4.98 Å². The second-order valence-corrected chi connectivity index (χ2v) is 4.02. The number of benzene rings is 1. The standard InChI is InChI=1S/C8H7N.C6H6ClN/c1-7-3-2-4-8(5-7)6-9;1-5-2-3-8-6(7)4-5/h2-5H,1H3;2-4H,1H3. The molecule has 0 aliphatic rings. The maximum Gasteiger partial charge on any atom is 0.129 e. The van der Waals surface area contributed by atoms with Gasteiger partial charge in [-0.1, -0.05) is 23.7 Å². The Balaban J connectivity index is 0.000000171. The molecule has 0 saturated heterocycles. The molecule has 0 unspecified atom stereocenters. The summed E-state index contributed by atoms with van der Waals surface area (Å²) in [7, 11) is 0. The van der Waals surface area contributed by atoms with Crippen molar-refractivity contribution in [3.8, 4) is 6.07 Å². The monoisotopic (exact) mass is 244 g/mol. The van der Waals surface area contributed by atoms with Crippen molar-refractivity contribution in [3.63, 3.8) is 0 Å². The van der Waals surface area contributed by atoms with Gasteiger partial charge in [0.2, 0.25) is 0 Å². The minimum atomic E-state index is 0.560. The molecule has 0 saturated carbocycles. The van der Waals surface area contributed by atoms with Crippen LogP contribution in [0.25, 0.3) is 0 Å². The molecule has 0 aliphatic heterocycles. The Morgan fingerprint density at radius 2 is 1.82 bits per heavy atom. The SMILES string of the molecule is Cc1cccc(C#N)c1.Cc1ccnc(Cl)c1. The summed E-state index contributed by atoms with van der Waals surface area (Å²) in [6.45, 7) is 3.95. The van der Waals surface area contributed by atoms with Gasteiger partial charge in [-0.15, -0.1) is 0 Å². The number of rotatable bonds is 0. The minimum absolute atomic E-state index is 0.560. The zero-order valence-corrected chi connectivity index (χ0v) is 10.6. The first-order valence-electron chi connectivity index (χ1n) is 5.17. The first-order valence-corrected chi connectivity index (χ1v) is 5.54. The van der Waals surface area contributed by atoms with Crippen molar-refractivity contribution in [3.05, 3.63) is 64.4 Å². The largest absolute Gasteiger partial charge is 0.245 e. The Kier molecular flexibility index (Phi) is 5.19. The first kappa shape index (κ1) is 13.2. The van der Waals surface area contributed by atoms with E-state index in [2.05, 4.69) is 11.1 Å². The van der Waals surface area contributed by atoms with Crippen molar-refractivity contribution in [1.82, 2.24) is 4.98 Å². The molecular weight excluding hydrogens is 232 g/mol. The fraction of sp³-hybridized carbons (Fsp3) is 0.143. The van der Waals surface area contributed by atoms with Gasteiger partial charge in [0.1, 0.15) is 5.15 Å². The average molecular weight is 245 g/mol. The van der Waals surface area contributed by atoms with Crippen molar-refractivity contribution in [2.45, 2.75) is 13.8 Å². The molecule has 2 nitrogen and oxygen atoms in total. The van der Waals surface area contributed by atoms with Crippen molar-refractivity contribution in [2.24, 2.45) is 0 Å². The van der Waals surface area contributed by atoms with Crippen molar-refractivity contribution in [1.29, 1.82) is 5.26 Å². The lowest BCUT2D eigenvalue weighted by Crippen LogP contribution is -1.73. The summed E-state index contributed by atoms with van der Waals surface area (Å²) < 4.78 is 0. The summed E-state index contributed by atoms with van der Waals surface area (Å²) in [4.78, 5) is 3.81. The van der Waals surface area contributed by atoms with Crippen LogP contribution in [0.1, 0.15) is 16.7 Å². The number of aromatic nitrogens is 1. The van der Waals surface area contributed by atoms with Crippen LogP contribution >= 0.6 is 11.6 Å². The Bertz CT molecular complexity index is 512. The van der Waals surface area contributed by atoms with Gasteiger partial charge in [-0.05, 0) is 49.2 Å². The molecule has 86 valence electrons. The molecule has 3 heteroatoms. The summed E-state index contributed by atoms with van der Waals surface area (Å²) in [6.07, 6.45) is 1.69. The molecular formula is C14H13ClN2. The topological polar surface area (TPSA) is 36.7 Å². The minimum Gasteiger partial charge on any atom is -0.245 e. The van der Waals surface area contributed by atoms with E-state index in [0.717, 1.165) is 16.7 Å². The van der Waals surface area contributed by atoms with E-state index >= 15 is 0 Å². The fourth-order valence-electron chi connectivity index (χ4n) is 1.21. The van der Waals surface area contributed by atoms with E-state index in [9.17, 15) is 0 Å². The van der Waals surface area contributed by atoms with E-state index in [-0.39, 0.29) is 0 Å². The van der Waals surface area contributed by atoms with Crippen LogP contribution in [0.15, 0.2) is 42.6 Å². The Hall–Kier alpha value is -1.85. The number of nitrogens with zero attached hydrogens (tertiary/aromatic N) is 2. The molecule has 1 aromatic carbocycles. The van der Waals surface area contributed by atoms with Gasteiger partial charge >= 0.3 is 0 Å².